The molecule has 1 aromatic carbocycles. The number of ether oxygens (including phenoxy) is 1. The fraction of sp³-hybridized carbons (Fsp3) is 0.500. The van der Waals surface area contributed by atoms with E-state index in [2.05, 4.69) is 24.4 Å². The topological polar surface area (TPSA) is 21.3 Å². The lowest BCUT2D eigenvalue weighted by Gasteiger charge is -2.06. The highest BCUT2D eigenvalue weighted by Gasteiger charge is 1.95. The summed E-state index contributed by atoms with van der Waals surface area (Å²) in [7, 11) is 1.70. The predicted octanol–water partition coefficient (Wildman–Crippen LogP) is 2.54. The number of rotatable bonds is 7. The number of hydrogen-bond donors (Lipinski definition) is 1. The maximum absolute atomic E-state index is 5.17. The van der Waals surface area contributed by atoms with E-state index in [1.807, 2.05) is 23.9 Å². The molecule has 0 unspecified atom stereocenters. The third-order valence-corrected chi connectivity index (χ3v) is 2.99. The molecule has 0 heterocycles. The van der Waals surface area contributed by atoms with Crippen LogP contribution in [0.2, 0.25) is 0 Å². The lowest BCUT2D eigenvalue weighted by molar-refractivity contribution is 0.414. The maximum Gasteiger partial charge on any atom is 0.119 e. The summed E-state index contributed by atoms with van der Waals surface area (Å²) in [6.45, 7) is 4.17. The van der Waals surface area contributed by atoms with Crippen molar-refractivity contribution in [3.05, 3.63) is 29.8 Å². The van der Waals surface area contributed by atoms with Crippen molar-refractivity contribution >= 4 is 11.8 Å². The minimum Gasteiger partial charge on any atom is -0.497 e. The summed E-state index contributed by atoms with van der Waals surface area (Å²) >= 11 is 1.96. The highest BCUT2D eigenvalue weighted by atomic mass is 32.2. The average molecular weight is 225 g/mol. The number of thioether (sulfide) groups is 1. The Labute approximate surface area is 96.4 Å². The third-order valence-electron chi connectivity index (χ3n) is 2.09. The van der Waals surface area contributed by atoms with E-state index in [1.165, 1.54) is 17.1 Å². The molecule has 0 radical (unpaired) electrons. The van der Waals surface area contributed by atoms with Gasteiger partial charge in [0, 0.05) is 18.8 Å². The summed E-state index contributed by atoms with van der Waals surface area (Å²) < 4.78 is 5.17. The lowest BCUT2D eigenvalue weighted by atomic mass is 10.2. The quantitative estimate of drug-likeness (QED) is 0.721. The smallest absolute Gasteiger partial charge is 0.119 e. The van der Waals surface area contributed by atoms with Gasteiger partial charge in [-0.1, -0.05) is 19.1 Å². The van der Waals surface area contributed by atoms with Crippen LogP contribution >= 0.6 is 11.8 Å². The van der Waals surface area contributed by atoms with Gasteiger partial charge in [0.1, 0.15) is 5.75 Å². The zero-order valence-electron chi connectivity index (χ0n) is 9.45. The standard InChI is InChI=1S/C12H19NOS/c1-3-15-8-7-13-10-11-5-4-6-12(9-11)14-2/h4-6,9,13H,3,7-8,10H2,1-2H3. The largest absolute Gasteiger partial charge is 0.497 e. The molecule has 84 valence electrons. The molecule has 0 spiro atoms. The second kappa shape index (κ2) is 7.60. The SMILES string of the molecule is CCSCCNCc1cccc(OC)c1. The second-order valence-corrected chi connectivity index (χ2v) is 4.62. The number of hydrogen-bond acceptors (Lipinski definition) is 3. The summed E-state index contributed by atoms with van der Waals surface area (Å²) in [6.07, 6.45) is 0. The van der Waals surface area contributed by atoms with Crippen LogP contribution in [0.25, 0.3) is 0 Å². The average Bonchev–Trinajstić information content (AvgIpc) is 2.29. The molecule has 1 aromatic rings. The first-order valence-electron chi connectivity index (χ1n) is 5.28. The number of benzene rings is 1. The molecule has 1 N–H and O–H groups in total. The van der Waals surface area contributed by atoms with Crippen molar-refractivity contribution in [1.82, 2.24) is 5.32 Å². The van der Waals surface area contributed by atoms with Crippen LogP contribution < -0.4 is 10.1 Å². The monoisotopic (exact) mass is 225 g/mol. The van der Waals surface area contributed by atoms with Crippen molar-refractivity contribution in [1.29, 1.82) is 0 Å². The van der Waals surface area contributed by atoms with E-state index in [9.17, 15) is 0 Å². The fourth-order valence-electron chi connectivity index (χ4n) is 1.30. The van der Waals surface area contributed by atoms with Crippen molar-refractivity contribution in [3.8, 4) is 5.75 Å². The maximum atomic E-state index is 5.17. The summed E-state index contributed by atoms with van der Waals surface area (Å²) in [5.41, 5.74) is 1.27. The van der Waals surface area contributed by atoms with Crippen LogP contribution in [0.4, 0.5) is 0 Å². The van der Waals surface area contributed by atoms with Crippen LogP contribution in [0, 0.1) is 0 Å². The van der Waals surface area contributed by atoms with E-state index in [0.29, 0.717) is 0 Å². The van der Waals surface area contributed by atoms with Crippen LogP contribution in [0.15, 0.2) is 24.3 Å². The van der Waals surface area contributed by atoms with Crippen molar-refractivity contribution in [2.24, 2.45) is 0 Å². The highest BCUT2D eigenvalue weighted by molar-refractivity contribution is 7.99. The van der Waals surface area contributed by atoms with E-state index in [1.54, 1.807) is 7.11 Å². The molecule has 0 amide bonds. The molecule has 15 heavy (non-hydrogen) atoms. The van der Waals surface area contributed by atoms with Crippen molar-refractivity contribution < 1.29 is 4.74 Å². The Kier molecular flexibility index (Phi) is 6.28. The van der Waals surface area contributed by atoms with Gasteiger partial charge in [-0.15, -0.1) is 0 Å². The van der Waals surface area contributed by atoms with Crippen LogP contribution in [-0.4, -0.2) is 25.2 Å². The highest BCUT2D eigenvalue weighted by Crippen LogP contribution is 2.12. The minimum atomic E-state index is 0.918. The molecule has 3 heteroatoms. The third kappa shape index (κ3) is 5.09. The molecule has 0 saturated heterocycles. The van der Waals surface area contributed by atoms with E-state index in [-0.39, 0.29) is 0 Å². The van der Waals surface area contributed by atoms with Gasteiger partial charge in [0.15, 0.2) is 0 Å². The van der Waals surface area contributed by atoms with E-state index >= 15 is 0 Å². The summed E-state index contributed by atoms with van der Waals surface area (Å²) in [5, 5.41) is 3.41. The van der Waals surface area contributed by atoms with Gasteiger partial charge in [-0.05, 0) is 23.4 Å². The molecule has 0 bridgehead atoms. The van der Waals surface area contributed by atoms with E-state index in [0.717, 1.165) is 18.8 Å². The minimum absolute atomic E-state index is 0.918. The Morgan fingerprint density at radius 1 is 1.40 bits per heavy atom. The second-order valence-electron chi connectivity index (χ2n) is 3.23. The Hall–Kier alpha value is -0.670. The lowest BCUT2D eigenvalue weighted by Crippen LogP contribution is -2.16. The van der Waals surface area contributed by atoms with E-state index < -0.39 is 0 Å². The van der Waals surface area contributed by atoms with Gasteiger partial charge in [0.25, 0.3) is 0 Å². The van der Waals surface area contributed by atoms with Crippen molar-refractivity contribution in [3.63, 3.8) is 0 Å². The molecule has 0 fully saturated rings. The van der Waals surface area contributed by atoms with Crippen LogP contribution in [-0.2, 0) is 6.54 Å². The van der Waals surface area contributed by atoms with E-state index in [4.69, 9.17) is 4.74 Å². The number of methoxy groups -OCH3 is 1. The Bertz CT molecular complexity index is 278. The van der Waals surface area contributed by atoms with Crippen LogP contribution in [0.1, 0.15) is 12.5 Å². The van der Waals surface area contributed by atoms with Gasteiger partial charge >= 0.3 is 0 Å². The Balaban J connectivity index is 2.24. The Morgan fingerprint density at radius 3 is 3.00 bits per heavy atom. The zero-order valence-corrected chi connectivity index (χ0v) is 10.3. The molecule has 0 saturated carbocycles. The zero-order chi connectivity index (χ0) is 10.9. The van der Waals surface area contributed by atoms with Crippen molar-refractivity contribution in [2.75, 3.05) is 25.2 Å². The molecule has 0 aliphatic rings. The predicted molar refractivity (Wildman–Crippen MR) is 67.7 cm³/mol. The van der Waals surface area contributed by atoms with Gasteiger partial charge in [-0.25, -0.2) is 0 Å². The first-order valence-corrected chi connectivity index (χ1v) is 6.43. The molecule has 1 rings (SSSR count). The Morgan fingerprint density at radius 2 is 2.27 bits per heavy atom. The normalized spacial score (nSPS) is 10.3. The first kappa shape index (κ1) is 12.4. The fourth-order valence-corrected chi connectivity index (χ4v) is 1.88. The molecule has 0 aliphatic carbocycles. The van der Waals surface area contributed by atoms with Gasteiger partial charge in [0.2, 0.25) is 0 Å². The summed E-state index contributed by atoms with van der Waals surface area (Å²) in [5.74, 6) is 3.30. The summed E-state index contributed by atoms with van der Waals surface area (Å²) in [6, 6.07) is 8.18. The van der Waals surface area contributed by atoms with Gasteiger partial charge < -0.3 is 10.1 Å². The van der Waals surface area contributed by atoms with Gasteiger partial charge in [-0.3, -0.25) is 0 Å². The van der Waals surface area contributed by atoms with Crippen LogP contribution in [0.5, 0.6) is 5.75 Å². The molecule has 0 aliphatic heterocycles. The molecular weight excluding hydrogens is 206 g/mol. The molecule has 0 atom stereocenters. The molecule has 0 aromatic heterocycles. The van der Waals surface area contributed by atoms with Gasteiger partial charge in [-0.2, -0.15) is 11.8 Å². The van der Waals surface area contributed by atoms with Crippen LogP contribution in [0.3, 0.4) is 0 Å². The molecular formula is C12H19NOS. The molecule has 2 nitrogen and oxygen atoms in total. The van der Waals surface area contributed by atoms with Crippen molar-refractivity contribution in [2.45, 2.75) is 13.5 Å². The number of nitrogens with one attached hydrogen (secondary N) is 1. The van der Waals surface area contributed by atoms with Gasteiger partial charge in [0.05, 0.1) is 7.11 Å². The summed E-state index contributed by atoms with van der Waals surface area (Å²) in [4.78, 5) is 0. The first-order chi connectivity index (χ1) is 7.36.